The fourth-order valence-electron chi connectivity index (χ4n) is 3.68. The van der Waals surface area contributed by atoms with Crippen LogP contribution in [0.15, 0.2) is 18.2 Å². The van der Waals surface area contributed by atoms with Gasteiger partial charge < -0.3 is 20.2 Å². The van der Waals surface area contributed by atoms with Crippen LogP contribution in [0, 0.1) is 5.92 Å². The van der Waals surface area contributed by atoms with E-state index in [1.54, 1.807) is 6.07 Å². The van der Waals surface area contributed by atoms with Crippen molar-refractivity contribution in [2.75, 3.05) is 50.8 Å². The molecule has 2 N–H and O–H groups in total. The normalized spacial score (nSPS) is 19.4. The third kappa shape index (κ3) is 4.87. The van der Waals surface area contributed by atoms with Gasteiger partial charge in [-0.1, -0.05) is 11.6 Å². The predicted octanol–water partition coefficient (Wildman–Crippen LogP) is 2.37. The fourth-order valence-corrected chi connectivity index (χ4v) is 3.98. The molecule has 2 aliphatic rings. The van der Waals surface area contributed by atoms with Gasteiger partial charge in [-0.05, 0) is 62.9 Å². The highest BCUT2D eigenvalue weighted by Crippen LogP contribution is 2.29. The van der Waals surface area contributed by atoms with Crippen molar-refractivity contribution in [3.8, 4) is 0 Å². The summed E-state index contributed by atoms with van der Waals surface area (Å²) in [5.74, 6) is 0.377. The van der Waals surface area contributed by atoms with E-state index in [4.69, 9.17) is 11.6 Å². The number of benzene rings is 1. The molecule has 2 fully saturated rings. The maximum atomic E-state index is 12.3. The molecule has 2 saturated heterocycles. The summed E-state index contributed by atoms with van der Waals surface area (Å²) < 4.78 is 0. The molecule has 1 aromatic carbocycles. The zero-order valence-corrected chi connectivity index (χ0v) is 15.5. The first-order valence-electron chi connectivity index (χ1n) is 9.33. The predicted molar refractivity (Wildman–Crippen MR) is 101 cm³/mol. The highest BCUT2D eigenvalue weighted by Gasteiger charge is 2.19. The smallest absolute Gasteiger partial charge is 0.251 e. The lowest BCUT2D eigenvalue weighted by atomic mass is 9.98. The molecule has 1 aromatic rings. The van der Waals surface area contributed by atoms with Crippen molar-refractivity contribution < 1.29 is 9.90 Å². The number of amides is 1. The molecule has 0 saturated carbocycles. The van der Waals surface area contributed by atoms with Crippen molar-refractivity contribution in [3.05, 3.63) is 28.8 Å². The number of carbonyl (C=O) groups is 1. The summed E-state index contributed by atoms with van der Waals surface area (Å²) in [6.07, 6.45) is 4.48. The van der Waals surface area contributed by atoms with Crippen LogP contribution in [-0.2, 0) is 0 Å². The molecule has 0 aromatic heterocycles. The minimum absolute atomic E-state index is 0.0693. The number of carbonyl (C=O) groups excluding carboxylic acids is 1. The second-order valence-corrected chi connectivity index (χ2v) is 7.49. The molecule has 25 heavy (non-hydrogen) atoms. The Balaban J connectivity index is 1.46. The number of aliphatic hydroxyl groups excluding tert-OH is 1. The Morgan fingerprint density at radius 2 is 1.92 bits per heavy atom. The van der Waals surface area contributed by atoms with Gasteiger partial charge in [0, 0.05) is 38.3 Å². The number of nitrogens with one attached hydrogen (secondary N) is 1. The largest absolute Gasteiger partial charge is 0.396 e. The molecule has 0 spiro atoms. The Morgan fingerprint density at radius 1 is 1.20 bits per heavy atom. The highest BCUT2D eigenvalue weighted by atomic mass is 35.5. The Morgan fingerprint density at radius 3 is 2.56 bits per heavy atom. The van der Waals surface area contributed by atoms with Gasteiger partial charge in [-0.15, -0.1) is 0 Å². The van der Waals surface area contributed by atoms with Gasteiger partial charge in [0.15, 0.2) is 0 Å². The second-order valence-electron chi connectivity index (χ2n) is 7.08. The molecule has 0 aliphatic carbocycles. The number of likely N-dealkylation sites (tertiary alicyclic amines) is 1. The first kappa shape index (κ1) is 18.5. The van der Waals surface area contributed by atoms with Gasteiger partial charge in [0.05, 0.1) is 10.7 Å². The van der Waals surface area contributed by atoms with Crippen LogP contribution in [0.5, 0.6) is 0 Å². The van der Waals surface area contributed by atoms with Crippen LogP contribution in [0.1, 0.15) is 36.0 Å². The van der Waals surface area contributed by atoms with E-state index >= 15 is 0 Å². The lowest BCUT2D eigenvalue weighted by molar-refractivity contribution is 0.0939. The van der Waals surface area contributed by atoms with E-state index < -0.39 is 0 Å². The van der Waals surface area contributed by atoms with Crippen LogP contribution in [0.4, 0.5) is 5.69 Å². The maximum Gasteiger partial charge on any atom is 0.251 e. The zero-order valence-electron chi connectivity index (χ0n) is 14.7. The topological polar surface area (TPSA) is 55.8 Å². The summed E-state index contributed by atoms with van der Waals surface area (Å²) >= 11 is 6.39. The molecular weight excluding hydrogens is 338 g/mol. The van der Waals surface area contributed by atoms with Gasteiger partial charge in [-0.25, -0.2) is 0 Å². The summed E-state index contributed by atoms with van der Waals surface area (Å²) in [5, 5.41) is 12.8. The molecule has 0 bridgehead atoms. The average Bonchev–Trinajstić information content (AvgIpc) is 3.16. The molecule has 3 rings (SSSR count). The van der Waals surface area contributed by atoms with Gasteiger partial charge in [-0.2, -0.15) is 0 Å². The number of piperidine rings is 1. The monoisotopic (exact) mass is 365 g/mol. The van der Waals surface area contributed by atoms with Crippen LogP contribution in [-0.4, -0.2) is 61.8 Å². The molecule has 2 heterocycles. The maximum absolute atomic E-state index is 12.3. The van der Waals surface area contributed by atoms with Crippen LogP contribution in [0.25, 0.3) is 0 Å². The zero-order chi connectivity index (χ0) is 17.6. The van der Waals surface area contributed by atoms with Crippen LogP contribution < -0.4 is 10.2 Å². The van der Waals surface area contributed by atoms with Crippen LogP contribution in [0.2, 0.25) is 5.02 Å². The minimum Gasteiger partial charge on any atom is -0.396 e. The summed E-state index contributed by atoms with van der Waals surface area (Å²) in [5.41, 5.74) is 1.65. The van der Waals surface area contributed by atoms with Gasteiger partial charge >= 0.3 is 0 Å². The van der Waals surface area contributed by atoms with Gasteiger partial charge in [-0.3, -0.25) is 4.79 Å². The van der Waals surface area contributed by atoms with E-state index in [0.717, 1.165) is 51.3 Å². The molecule has 0 radical (unpaired) electrons. The molecular formula is C19H28ClN3O2. The van der Waals surface area contributed by atoms with Crippen LogP contribution >= 0.6 is 11.6 Å². The van der Waals surface area contributed by atoms with Crippen molar-refractivity contribution in [1.29, 1.82) is 0 Å². The Kier molecular flexibility index (Phi) is 6.57. The SMILES string of the molecule is O=C(NCCN1CCC(CO)CC1)c1ccc(N2CCCC2)c(Cl)c1. The van der Waals surface area contributed by atoms with Crippen molar-refractivity contribution in [2.24, 2.45) is 5.92 Å². The third-order valence-electron chi connectivity index (χ3n) is 5.34. The van der Waals surface area contributed by atoms with Crippen LogP contribution in [0.3, 0.4) is 0 Å². The van der Waals surface area contributed by atoms with E-state index in [9.17, 15) is 9.90 Å². The molecule has 138 valence electrons. The van der Waals surface area contributed by atoms with Gasteiger partial charge in [0.25, 0.3) is 5.91 Å². The fraction of sp³-hybridized carbons (Fsp3) is 0.632. The number of hydrogen-bond acceptors (Lipinski definition) is 4. The first-order valence-corrected chi connectivity index (χ1v) is 9.71. The van der Waals surface area contributed by atoms with E-state index in [1.807, 2.05) is 12.1 Å². The average molecular weight is 366 g/mol. The Labute approximate surface area is 154 Å². The highest BCUT2D eigenvalue weighted by molar-refractivity contribution is 6.33. The first-order chi connectivity index (χ1) is 12.2. The van der Waals surface area contributed by atoms with Gasteiger partial charge in [0.1, 0.15) is 0 Å². The number of halogens is 1. The van der Waals surface area contributed by atoms with E-state index in [-0.39, 0.29) is 5.91 Å². The summed E-state index contributed by atoms with van der Waals surface area (Å²) in [6.45, 7) is 5.85. The van der Waals surface area contributed by atoms with Crippen molar-refractivity contribution in [2.45, 2.75) is 25.7 Å². The third-order valence-corrected chi connectivity index (χ3v) is 5.64. The molecule has 2 aliphatic heterocycles. The Hall–Kier alpha value is -1.30. The second kappa shape index (κ2) is 8.88. The van der Waals surface area contributed by atoms with Crippen molar-refractivity contribution >= 4 is 23.2 Å². The summed E-state index contributed by atoms with van der Waals surface area (Å²) in [6, 6.07) is 5.60. The molecule has 0 unspecified atom stereocenters. The number of hydrogen-bond donors (Lipinski definition) is 2. The lowest BCUT2D eigenvalue weighted by Gasteiger charge is -2.30. The molecule has 0 atom stereocenters. The van der Waals surface area contributed by atoms with Gasteiger partial charge in [0.2, 0.25) is 0 Å². The standard InChI is InChI=1S/C19H28ClN3O2/c20-17-13-16(3-4-18(17)23-8-1-2-9-23)19(25)21-7-12-22-10-5-15(14-24)6-11-22/h3-4,13,15,24H,1-2,5-12,14H2,(H,21,25). The quantitative estimate of drug-likeness (QED) is 0.812. The molecule has 1 amide bonds. The number of rotatable bonds is 6. The number of nitrogens with zero attached hydrogens (tertiary/aromatic N) is 2. The number of anilines is 1. The van der Waals surface area contributed by atoms with Crippen molar-refractivity contribution in [3.63, 3.8) is 0 Å². The lowest BCUT2D eigenvalue weighted by Crippen LogP contribution is -2.40. The summed E-state index contributed by atoms with van der Waals surface area (Å²) in [7, 11) is 0. The van der Waals surface area contributed by atoms with E-state index in [2.05, 4.69) is 15.1 Å². The summed E-state index contributed by atoms with van der Waals surface area (Å²) in [4.78, 5) is 17.0. The van der Waals surface area contributed by atoms with E-state index in [1.165, 1.54) is 12.8 Å². The Bertz CT molecular complexity index is 582. The number of aliphatic hydroxyl groups is 1. The minimum atomic E-state index is -0.0693. The van der Waals surface area contributed by atoms with E-state index in [0.29, 0.717) is 29.7 Å². The molecule has 5 nitrogen and oxygen atoms in total. The van der Waals surface area contributed by atoms with Crippen molar-refractivity contribution in [1.82, 2.24) is 10.2 Å². The molecule has 6 heteroatoms.